The van der Waals surface area contributed by atoms with Gasteiger partial charge in [-0.2, -0.15) is 33.2 Å². The van der Waals surface area contributed by atoms with Gasteiger partial charge in [0.15, 0.2) is 11.6 Å². The summed E-state index contributed by atoms with van der Waals surface area (Å²) in [5.74, 6) is 1.30. The molecular weight excluding hydrogens is 445 g/mol. The number of hydrogen-bond donors (Lipinski definition) is 3. The Morgan fingerprint density at radius 2 is 1.74 bits per heavy atom. The molecule has 4 aromatic rings. The highest BCUT2D eigenvalue weighted by molar-refractivity contribution is 5.68. The Bertz CT molecular complexity index is 1280. The van der Waals surface area contributed by atoms with Crippen LogP contribution in [0.1, 0.15) is 41.2 Å². The van der Waals surface area contributed by atoms with Crippen molar-refractivity contribution in [1.29, 1.82) is 0 Å². The summed E-state index contributed by atoms with van der Waals surface area (Å²) in [5, 5.41) is 13.2. The van der Waals surface area contributed by atoms with Crippen molar-refractivity contribution in [3.05, 3.63) is 83.1 Å². The second-order valence-electron chi connectivity index (χ2n) is 7.51. The molecule has 0 saturated heterocycles. The van der Waals surface area contributed by atoms with E-state index < -0.39 is 11.7 Å². The summed E-state index contributed by atoms with van der Waals surface area (Å²) in [7, 11) is 0. The molecule has 0 radical (unpaired) electrons. The third-order valence-corrected chi connectivity index (χ3v) is 4.79. The summed E-state index contributed by atoms with van der Waals surface area (Å²) in [5.41, 5.74) is 1.47. The lowest BCUT2D eigenvalue weighted by Crippen LogP contribution is -2.12. The first-order chi connectivity index (χ1) is 16.3. The van der Waals surface area contributed by atoms with Gasteiger partial charge in [0.25, 0.3) is 0 Å². The van der Waals surface area contributed by atoms with Gasteiger partial charge in [-0.15, -0.1) is 0 Å². The fourth-order valence-electron chi connectivity index (χ4n) is 3.10. The van der Waals surface area contributed by atoms with Crippen LogP contribution in [0.25, 0.3) is 12.2 Å². The topological polar surface area (TPSA) is 104 Å². The number of aryl methyl sites for hydroxylation is 1. The minimum atomic E-state index is -4.42. The van der Waals surface area contributed by atoms with Gasteiger partial charge in [-0.3, -0.25) is 10.1 Å². The third kappa shape index (κ3) is 5.94. The lowest BCUT2D eigenvalue weighted by molar-refractivity contribution is -0.137. The molecule has 0 aliphatic heterocycles. The summed E-state index contributed by atoms with van der Waals surface area (Å²) in [6.07, 6.45) is 2.01. The number of alkyl halides is 3. The molecule has 0 aliphatic carbocycles. The van der Waals surface area contributed by atoms with Crippen molar-refractivity contribution in [2.75, 3.05) is 10.6 Å². The molecule has 4 rings (SSSR count). The Hall–Kier alpha value is -4.28. The number of pyridine rings is 1. The number of anilines is 3. The average Bonchev–Trinajstić information content (AvgIpc) is 3.22. The maximum atomic E-state index is 13.0. The quantitative estimate of drug-likeness (QED) is 0.335. The van der Waals surface area contributed by atoms with Crippen LogP contribution in [0, 0.1) is 6.92 Å². The number of nitrogens with one attached hydrogen (secondary N) is 3. The average molecular weight is 466 g/mol. The summed E-state index contributed by atoms with van der Waals surface area (Å²) >= 11 is 0. The van der Waals surface area contributed by atoms with E-state index in [1.54, 1.807) is 24.5 Å². The Kier molecular flexibility index (Phi) is 6.53. The molecule has 1 aromatic carbocycles. The highest BCUT2D eigenvalue weighted by atomic mass is 19.4. The van der Waals surface area contributed by atoms with Gasteiger partial charge < -0.3 is 10.6 Å². The molecular formula is C23H21F3N8. The summed E-state index contributed by atoms with van der Waals surface area (Å²) in [6.45, 7) is 3.81. The normalized spacial score (nSPS) is 12.6. The predicted molar refractivity (Wildman–Crippen MR) is 123 cm³/mol. The van der Waals surface area contributed by atoms with Crippen LogP contribution in [-0.2, 0) is 6.18 Å². The van der Waals surface area contributed by atoms with Crippen molar-refractivity contribution in [3.8, 4) is 0 Å². The minimum Gasteiger partial charge on any atom is -0.348 e. The van der Waals surface area contributed by atoms with E-state index in [-0.39, 0.29) is 23.8 Å². The third-order valence-electron chi connectivity index (χ3n) is 4.79. The van der Waals surface area contributed by atoms with Gasteiger partial charge in [0.2, 0.25) is 11.9 Å². The molecule has 0 bridgehead atoms. The molecule has 0 amide bonds. The number of aromatic amines is 1. The lowest BCUT2D eigenvalue weighted by Gasteiger charge is -2.14. The van der Waals surface area contributed by atoms with Gasteiger partial charge in [0.1, 0.15) is 0 Å². The minimum absolute atomic E-state index is 0.133. The molecule has 3 aromatic heterocycles. The Labute approximate surface area is 193 Å². The monoisotopic (exact) mass is 466 g/mol. The molecule has 0 fully saturated rings. The van der Waals surface area contributed by atoms with Crippen molar-refractivity contribution in [3.63, 3.8) is 0 Å². The van der Waals surface area contributed by atoms with Crippen LogP contribution in [0.15, 0.2) is 54.9 Å². The fourth-order valence-corrected chi connectivity index (χ4v) is 3.10. The Morgan fingerprint density at radius 1 is 0.971 bits per heavy atom. The maximum absolute atomic E-state index is 13.0. The number of hydrogen-bond acceptors (Lipinski definition) is 7. The van der Waals surface area contributed by atoms with E-state index in [0.717, 1.165) is 23.4 Å². The van der Waals surface area contributed by atoms with Crippen LogP contribution >= 0.6 is 0 Å². The summed E-state index contributed by atoms with van der Waals surface area (Å²) in [4.78, 5) is 17.2. The van der Waals surface area contributed by atoms with Gasteiger partial charge in [-0.1, -0.05) is 18.2 Å². The number of aromatic nitrogens is 6. The molecule has 8 nitrogen and oxygen atoms in total. The largest absolute Gasteiger partial charge is 0.416 e. The fraction of sp³-hybridized carbons (Fsp3) is 0.174. The van der Waals surface area contributed by atoms with Gasteiger partial charge >= 0.3 is 6.18 Å². The lowest BCUT2D eigenvalue weighted by atomic mass is 10.1. The second kappa shape index (κ2) is 9.69. The zero-order chi connectivity index (χ0) is 24.1. The first-order valence-corrected chi connectivity index (χ1v) is 10.3. The Morgan fingerprint density at radius 3 is 2.44 bits per heavy atom. The zero-order valence-corrected chi connectivity index (χ0v) is 18.3. The van der Waals surface area contributed by atoms with E-state index in [1.165, 1.54) is 18.2 Å². The van der Waals surface area contributed by atoms with Crippen LogP contribution in [0.4, 0.5) is 30.9 Å². The maximum Gasteiger partial charge on any atom is 0.416 e. The van der Waals surface area contributed by atoms with E-state index in [1.807, 2.05) is 26.0 Å². The number of nitrogens with zero attached hydrogens (tertiary/aromatic N) is 5. The smallest absolute Gasteiger partial charge is 0.348 e. The zero-order valence-electron chi connectivity index (χ0n) is 18.3. The second-order valence-corrected chi connectivity index (χ2v) is 7.51. The molecule has 3 heterocycles. The van der Waals surface area contributed by atoms with Crippen molar-refractivity contribution in [1.82, 2.24) is 30.1 Å². The van der Waals surface area contributed by atoms with Crippen molar-refractivity contribution >= 4 is 29.9 Å². The van der Waals surface area contributed by atoms with Crippen LogP contribution in [0.5, 0.6) is 0 Å². The molecule has 1 unspecified atom stereocenters. The van der Waals surface area contributed by atoms with Crippen LogP contribution < -0.4 is 10.6 Å². The van der Waals surface area contributed by atoms with E-state index in [2.05, 4.69) is 40.8 Å². The number of rotatable bonds is 7. The molecule has 11 heteroatoms. The number of benzene rings is 1. The number of halogens is 3. The molecule has 3 N–H and O–H groups in total. The van der Waals surface area contributed by atoms with Gasteiger partial charge in [0.05, 0.1) is 11.6 Å². The predicted octanol–water partition coefficient (Wildman–Crippen LogP) is 5.40. The molecule has 0 aliphatic rings. The molecule has 0 spiro atoms. The first kappa shape index (κ1) is 22.9. The first-order valence-electron chi connectivity index (χ1n) is 10.3. The standard InChI is InChI=1S/C23H21F3N8/c1-14-12-20(34-33-14)31-22-30-19(7-6-16-4-3-5-18(13-16)23(24,25)26)29-21(32-22)28-15(2)17-8-10-27-11-9-17/h3-13,15H,1-2H3,(H3,28,29,30,31,32,33,34)/b7-6+. The van der Waals surface area contributed by atoms with Crippen LogP contribution in [0.2, 0.25) is 0 Å². The van der Waals surface area contributed by atoms with Gasteiger partial charge in [0, 0.05) is 24.2 Å². The van der Waals surface area contributed by atoms with Crippen LogP contribution in [0.3, 0.4) is 0 Å². The van der Waals surface area contributed by atoms with E-state index in [0.29, 0.717) is 11.4 Å². The highest BCUT2D eigenvalue weighted by Gasteiger charge is 2.30. The SMILES string of the molecule is Cc1cc(Nc2nc(/C=C/c3cccc(C(F)(F)F)c3)nc(NC(C)c3ccncc3)n2)n[nH]1. The van der Waals surface area contributed by atoms with E-state index in [4.69, 9.17) is 0 Å². The van der Waals surface area contributed by atoms with E-state index in [9.17, 15) is 13.2 Å². The van der Waals surface area contributed by atoms with Crippen molar-refractivity contribution in [2.24, 2.45) is 0 Å². The highest BCUT2D eigenvalue weighted by Crippen LogP contribution is 2.30. The summed E-state index contributed by atoms with van der Waals surface area (Å²) < 4.78 is 39.1. The molecule has 0 saturated carbocycles. The molecule has 174 valence electrons. The number of H-pyrrole nitrogens is 1. The van der Waals surface area contributed by atoms with E-state index >= 15 is 0 Å². The molecule has 34 heavy (non-hydrogen) atoms. The Balaban J connectivity index is 1.63. The van der Waals surface area contributed by atoms with Gasteiger partial charge in [-0.25, -0.2) is 0 Å². The van der Waals surface area contributed by atoms with Crippen molar-refractivity contribution < 1.29 is 13.2 Å². The van der Waals surface area contributed by atoms with Crippen molar-refractivity contribution in [2.45, 2.75) is 26.1 Å². The molecule has 1 atom stereocenters. The van der Waals surface area contributed by atoms with Gasteiger partial charge in [-0.05, 0) is 55.3 Å². The summed E-state index contributed by atoms with van der Waals surface area (Å²) in [6, 6.07) is 10.4. The van der Waals surface area contributed by atoms with Crippen LogP contribution in [-0.4, -0.2) is 30.1 Å².